The number of hydrogen-bond donors (Lipinski definition) is 1. The summed E-state index contributed by atoms with van der Waals surface area (Å²) in [7, 11) is 2.10. The fourth-order valence-electron chi connectivity index (χ4n) is 3.90. The van der Waals surface area contributed by atoms with Gasteiger partial charge in [-0.3, -0.25) is 9.69 Å². The zero-order chi connectivity index (χ0) is 24.3. The lowest BCUT2D eigenvalue weighted by atomic mass is 10.1. The second-order valence-electron chi connectivity index (χ2n) is 8.35. The van der Waals surface area contributed by atoms with Crippen LogP contribution in [0.1, 0.15) is 27.2 Å². The van der Waals surface area contributed by atoms with E-state index in [1.807, 2.05) is 24.3 Å². The quantitative estimate of drug-likeness (QED) is 0.553. The number of hydrogen-bond acceptors (Lipinski definition) is 4. The predicted octanol–water partition coefficient (Wildman–Crippen LogP) is 3.71. The van der Waals surface area contributed by atoms with Crippen molar-refractivity contribution < 1.29 is 22.4 Å². The Kier molecular flexibility index (Phi) is 6.99. The summed E-state index contributed by atoms with van der Waals surface area (Å²) in [6, 6.07) is 12.6. The van der Waals surface area contributed by atoms with Crippen LogP contribution in [0.2, 0.25) is 0 Å². The summed E-state index contributed by atoms with van der Waals surface area (Å²) in [5.74, 6) is -1.81. The molecular formula is C24H25F4N5O. The maximum Gasteiger partial charge on any atom is 0.434 e. The third-order valence-electron chi connectivity index (χ3n) is 5.84. The highest BCUT2D eigenvalue weighted by Crippen LogP contribution is 2.34. The van der Waals surface area contributed by atoms with Crippen LogP contribution >= 0.6 is 0 Å². The number of amides is 1. The third-order valence-corrected chi connectivity index (χ3v) is 5.84. The van der Waals surface area contributed by atoms with E-state index in [4.69, 9.17) is 0 Å². The number of alkyl halides is 3. The zero-order valence-corrected chi connectivity index (χ0v) is 18.6. The molecule has 1 aliphatic rings. The van der Waals surface area contributed by atoms with Gasteiger partial charge < -0.3 is 10.2 Å². The smallest absolute Gasteiger partial charge is 0.348 e. The van der Waals surface area contributed by atoms with Crippen molar-refractivity contribution in [3.63, 3.8) is 0 Å². The van der Waals surface area contributed by atoms with Gasteiger partial charge in [-0.05, 0) is 30.3 Å². The van der Waals surface area contributed by atoms with E-state index in [0.29, 0.717) is 4.68 Å². The minimum absolute atomic E-state index is 0.0514. The van der Waals surface area contributed by atoms with Crippen molar-refractivity contribution in [3.05, 3.63) is 82.9 Å². The van der Waals surface area contributed by atoms with E-state index >= 15 is 0 Å². The zero-order valence-electron chi connectivity index (χ0n) is 18.6. The lowest BCUT2D eigenvalue weighted by molar-refractivity contribution is -0.143. The van der Waals surface area contributed by atoms with Crippen molar-refractivity contribution in [2.24, 2.45) is 0 Å². The summed E-state index contributed by atoms with van der Waals surface area (Å²) >= 11 is 0. The van der Waals surface area contributed by atoms with Crippen LogP contribution in [0.25, 0.3) is 5.69 Å². The normalized spacial score (nSPS) is 15.4. The van der Waals surface area contributed by atoms with Gasteiger partial charge in [-0.1, -0.05) is 36.4 Å². The van der Waals surface area contributed by atoms with Crippen molar-refractivity contribution >= 4 is 5.91 Å². The first-order chi connectivity index (χ1) is 16.2. The maximum atomic E-state index is 14.1. The third kappa shape index (κ3) is 5.45. The van der Waals surface area contributed by atoms with E-state index in [2.05, 4.69) is 27.3 Å². The molecule has 2 aromatic carbocycles. The van der Waals surface area contributed by atoms with Gasteiger partial charge in [-0.25, -0.2) is 9.07 Å². The number of nitrogens with one attached hydrogen (secondary N) is 1. The number of aromatic nitrogens is 2. The van der Waals surface area contributed by atoms with Gasteiger partial charge >= 0.3 is 6.18 Å². The van der Waals surface area contributed by atoms with Crippen LogP contribution < -0.4 is 5.32 Å². The van der Waals surface area contributed by atoms with Gasteiger partial charge in [0.1, 0.15) is 11.5 Å². The molecule has 0 bridgehead atoms. The van der Waals surface area contributed by atoms with Crippen LogP contribution in [0, 0.1) is 5.82 Å². The Morgan fingerprint density at radius 1 is 1.00 bits per heavy atom. The molecule has 6 nitrogen and oxygen atoms in total. The Morgan fingerprint density at radius 2 is 1.65 bits per heavy atom. The molecule has 1 saturated heterocycles. The second-order valence-corrected chi connectivity index (χ2v) is 8.35. The molecule has 34 heavy (non-hydrogen) atoms. The number of halogens is 4. The van der Waals surface area contributed by atoms with Gasteiger partial charge in [-0.2, -0.15) is 18.3 Å². The number of carbonyl (C=O) groups is 1. The average molecular weight is 475 g/mol. The Hall–Kier alpha value is -3.24. The van der Waals surface area contributed by atoms with E-state index in [9.17, 15) is 22.4 Å². The molecule has 1 aliphatic heterocycles. The maximum absolute atomic E-state index is 14.1. The van der Waals surface area contributed by atoms with Crippen LogP contribution in [-0.2, 0) is 19.3 Å². The monoisotopic (exact) mass is 475 g/mol. The molecule has 0 radical (unpaired) electrons. The van der Waals surface area contributed by atoms with E-state index < -0.39 is 29.2 Å². The van der Waals surface area contributed by atoms with E-state index in [1.54, 1.807) is 0 Å². The Bertz CT molecular complexity index is 1140. The first kappa shape index (κ1) is 23.9. The van der Waals surface area contributed by atoms with Crippen LogP contribution in [-0.4, -0.2) is 58.7 Å². The summed E-state index contributed by atoms with van der Waals surface area (Å²) < 4.78 is 55.8. The summed E-state index contributed by atoms with van der Waals surface area (Å²) in [5, 5.41) is 6.16. The number of benzene rings is 2. The van der Waals surface area contributed by atoms with E-state index in [-0.39, 0.29) is 12.2 Å². The lowest BCUT2D eigenvalue weighted by Crippen LogP contribution is -2.43. The number of likely N-dealkylation sites (N-methyl/N-ethyl adjacent to an activating group) is 1. The van der Waals surface area contributed by atoms with Crippen molar-refractivity contribution in [2.45, 2.75) is 19.3 Å². The van der Waals surface area contributed by atoms with Crippen LogP contribution in [0.4, 0.5) is 17.6 Å². The van der Waals surface area contributed by atoms with Crippen LogP contribution in [0.15, 0.2) is 54.7 Å². The molecule has 180 valence electrons. The van der Waals surface area contributed by atoms with Crippen molar-refractivity contribution in [3.8, 4) is 5.69 Å². The summed E-state index contributed by atoms with van der Waals surface area (Å²) in [5.41, 5.74) is -0.486. The molecule has 4 rings (SSSR count). The average Bonchev–Trinajstić information content (AvgIpc) is 3.26. The summed E-state index contributed by atoms with van der Waals surface area (Å²) in [6.07, 6.45) is -4.10. The molecule has 3 aromatic rings. The second kappa shape index (κ2) is 9.94. The number of nitrogens with zero attached hydrogens (tertiary/aromatic N) is 4. The summed E-state index contributed by atoms with van der Waals surface area (Å²) in [6.45, 7) is 4.92. The molecule has 1 amide bonds. The first-order valence-corrected chi connectivity index (χ1v) is 10.9. The van der Waals surface area contributed by atoms with Gasteiger partial charge in [0.2, 0.25) is 0 Å². The Balaban J connectivity index is 1.44. The fourth-order valence-corrected chi connectivity index (χ4v) is 3.90. The Morgan fingerprint density at radius 3 is 2.29 bits per heavy atom. The van der Waals surface area contributed by atoms with Gasteiger partial charge in [0.05, 0.1) is 11.8 Å². The largest absolute Gasteiger partial charge is 0.434 e. The molecule has 1 aromatic heterocycles. The SMILES string of the molecule is CN1CCN(Cc2ccc(CNC(=O)c3cnn(-c4ccccc4F)c3C(F)(F)F)cc2)CC1. The number of para-hydroxylation sites is 1. The fraction of sp³-hybridized carbons (Fsp3) is 0.333. The molecule has 10 heteroatoms. The molecular weight excluding hydrogens is 450 g/mol. The minimum atomic E-state index is -4.91. The van der Waals surface area contributed by atoms with Gasteiger partial charge in [0.15, 0.2) is 5.69 Å². The molecule has 0 atom stereocenters. The first-order valence-electron chi connectivity index (χ1n) is 10.9. The van der Waals surface area contributed by atoms with Gasteiger partial charge in [-0.15, -0.1) is 0 Å². The number of piperazine rings is 1. The highest BCUT2D eigenvalue weighted by molar-refractivity contribution is 5.95. The molecule has 1 fully saturated rings. The highest BCUT2D eigenvalue weighted by Gasteiger charge is 2.41. The molecule has 0 unspecified atom stereocenters. The standard InChI is InChI=1S/C24H25F4N5O/c1-31-10-12-32(13-11-31)16-18-8-6-17(7-9-18)14-29-23(34)19-15-30-33(22(19)24(26,27)28)21-5-3-2-4-20(21)25/h2-9,15H,10-14,16H2,1H3,(H,29,34). The molecule has 0 spiro atoms. The lowest BCUT2D eigenvalue weighted by Gasteiger charge is -2.32. The van der Waals surface area contributed by atoms with E-state index in [0.717, 1.165) is 56.1 Å². The molecule has 2 heterocycles. The van der Waals surface area contributed by atoms with Crippen LogP contribution in [0.5, 0.6) is 0 Å². The molecule has 0 aliphatic carbocycles. The van der Waals surface area contributed by atoms with Crippen molar-refractivity contribution in [1.29, 1.82) is 0 Å². The summed E-state index contributed by atoms with van der Waals surface area (Å²) in [4.78, 5) is 17.3. The minimum Gasteiger partial charge on any atom is -0.348 e. The van der Waals surface area contributed by atoms with Gasteiger partial charge in [0.25, 0.3) is 5.91 Å². The highest BCUT2D eigenvalue weighted by atomic mass is 19.4. The molecule has 1 N–H and O–H groups in total. The Labute approximate surface area is 194 Å². The van der Waals surface area contributed by atoms with E-state index in [1.165, 1.54) is 18.2 Å². The topological polar surface area (TPSA) is 53.4 Å². The molecule has 0 saturated carbocycles. The van der Waals surface area contributed by atoms with Crippen LogP contribution in [0.3, 0.4) is 0 Å². The van der Waals surface area contributed by atoms with Crippen molar-refractivity contribution in [2.75, 3.05) is 33.2 Å². The number of rotatable bonds is 6. The van der Waals surface area contributed by atoms with Crippen molar-refractivity contribution in [1.82, 2.24) is 24.9 Å². The predicted molar refractivity (Wildman–Crippen MR) is 119 cm³/mol. The van der Waals surface area contributed by atoms with Gasteiger partial charge in [0, 0.05) is 39.3 Å². The number of carbonyl (C=O) groups excluding carboxylic acids is 1.